The van der Waals surface area contributed by atoms with Gasteiger partial charge in [0.2, 0.25) is 0 Å². The summed E-state index contributed by atoms with van der Waals surface area (Å²) >= 11 is 0. The zero-order valence-corrected chi connectivity index (χ0v) is 12.7. The maximum absolute atomic E-state index is 4.61. The van der Waals surface area contributed by atoms with Gasteiger partial charge in [-0.3, -0.25) is 4.68 Å². The second kappa shape index (κ2) is 5.53. The highest BCUT2D eigenvalue weighted by atomic mass is 15.3. The van der Waals surface area contributed by atoms with Crippen molar-refractivity contribution in [3.63, 3.8) is 0 Å². The van der Waals surface area contributed by atoms with Gasteiger partial charge in [-0.05, 0) is 31.9 Å². The van der Waals surface area contributed by atoms with Gasteiger partial charge in [-0.2, -0.15) is 5.10 Å². The van der Waals surface area contributed by atoms with Crippen molar-refractivity contribution in [1.82, 2.24) is 30.0 Å². The van der Waals surface area contributed by atoms with E-state index in [2.05, 4.69) is 36.2 Å². The molecule has 2 N–H and O–H groups in total. The van der Waals surface area contributed by atoms with Crippen LogP contribution in [0.5, 0.6) is 0 Å². The van der Waals surface area contributed by atoms with Crippen molar-refractivity contribution in [2.24, 2.45) is 5.92 Å². The van der Waals surface area contributed by atoms with Gasteiger partial charge in [0.15, 0.2) is 0 Å². The molecule has 6 nitrogen and oxygen atoms in total. The van der Waals surface area contributed by atoms with Crippen LogP contribution in [-0.2, 0) is 0 Å². The van der Waals surface area contributed by atoms with E-state index < -0.39 is 0 Å². The lowest BCUT2D eigenvalue weighted by molar-refractivity contribution is 0.194. The largest absolute Gasteiger partial charge is 0.346 e. The van der Waals surface area contributed by atoms with E-state index in [0.717, 1.165) is 34.8 Å². The predicted molar refractivity (Wildman–Crippen MR) is 85.4 cm³/mol. The first-order valence-electron chi connectivity index (χ1n) is 7.84. The van der Waals surface area contributed by atoms with Crippen molar-refractivity contribution in [2.75, 3.05) is 13.6 Å². The molecule has 1 aliphatic rings. The molecule has 0 spiro atoms. The van der Waals surface area contributed by atoms with E-state index >= 15 is 0 Å². The van der Waals surface area contributed by atoms with Gasteiger partial charge in [-0.25, -0.2) is 9.97 Å². The minimum absolute atomic E-state index is 0.427. The number of likely N-dealkylation sites (N-methyl/N-ethyl adjacent to an activating group) is 1. The third-order valence-electron chi connectivity index (χ3n) is 4.68. The van der Waals surface area contributed by atoms with E-state index in [0.29, 0.717) is 6.04 Å². The summed E-state index contributed by atoms with van der Waals surface area (Å²) in [5.41, 5.74) is 2.85. The molecule has 6 heteroatoms. The van der Waals surface area contributed by atoms with Crippen molar-refractivity contribution in [1.29, 1.82) is 0 Å². The Hall–Kier alpha value is -2.21. The number of nitrogens with zero attached hydrogens (tertiary/aromatic N) is 4. The molecule has 22 heavy (non-hydrogen) atoms. The molecule has 1 aliphatic carbocycles. The lowest BCUT2D eigenvalue weighted by atomic mass is 9.79. The third kappa shape index (κ3) is 2.20. The second-order valence-electron chi connectivity index (χ2n) is 5.99. The Labute approximate surface area is 129 Å². The van der Waals surface area contributed by atoms with Crippen LogP contribution in [0.2, 0.25) is 0 Å². The van der Waals surface area contributed by atoms with Crippen molar-refractivity contribution in [3.05, 3.63) is 31.0 Å². The van der Waals surface area contributed by atoms with Crippen LogP contribution in [0.4, 0.5) is 0 Å². The number of H-pyrrole nitrogens is 1. The highest BCUT2D eigenvalue weighted by Gasteiger charge is 2.28. The number of hydrogen-bond acceptors (Lipinski definition) is 4. The minimum atomic E-state index is 0.427. The average molecular weight is 296 g/mol. The van der Waals surface area contributed by atoms with Crippen LogP contribution in [0.1, 0.15) is 25.3 Å². The zero-order valence-electron chi connectivity index (χ0n) is 12.7. The van der Waals surface area contributed by atoms with Crippen LogP contribution in [-0.4, -0.2) is 38.3 Å². The Morgan fingerprint density at radius 2 is 2.32 bits per heavy atom. The molecule has 1 fully saturated rings. The Morgan fingerprint density at radius 1 is 1.41 bits per heavy atom. The van der Waals surface area contributed by atoms with Crippen molar-refractivity contribution in [3.8, 4) is 11.3 Å². The SMILES string of the molecule is CNC[C@@H](C1CCC1)n1cc(-c2ncnc3[nH]ccc23)cn1. The van der Waals surface area contributed by atoms with Crippen LogP contribution in [0, 0.1) is 5.92 Å². The molecule has 3 heterocycles. The zero-order chi connectivity index (χ0) is 14.9. The van der Waals surface area contributed by atoms with Crippen LogP contribution in [0.3, 0.4) is 0 Å². The fourth-order valence-electron chi connectivity index (χ4n) is 3.25. The molecule has 0 aromatic carbocycles. The van der Waals surface area contributed by atoms with Gasteiger partial charge < -0.3 is 10.3 Å². The fourth-order valence-corrected chi connectivity index (χ4v) is 3.25. The van der Waals surface area contributed by atoms with Crippen molar-refractivity contribution >= 4 is 11.0 Å². The summed E-state index contributed by atoms with van der Waals surface area (Å²) in [5.74, 6) is 0.734. The maximum Gasteiger partial charge on any atom is 0.141 e. The summed E-state index contributed by atoms with van der Waals surface area (Å²) in [7, 11) is 2.00. The van der Waals surface area contributed by atoms with Crippen LogP contribution < -0.4 is 5.32 Å². The van der Waals surface area contributed by atoms with E-state index in [1.807, 2.05) is 25.5 Å². The summed E-state index contributed by atoms with van der Waals surface area (Å²) in [6.45, 7) is 0.953. The van der Waals surface area contributed by atoms with Gasteiger partial charge >= 0.3 is 0 Å². The van der Waals surface area contributed by atoms with E-state index in [-0.39, 0.29) is 0 Å². The standard InChI is InChI=1S/C16H20N6/c1-17-8-14(11-3-2-4-11)22-9-12(7-21-22)15-13-5-6-18-16(13)20-10-19-15/h5-7,9-11,14,17H,2-4,8H2,1H3,(H,18,19,20)/t14-/m0/s1. The van der Waals surface area contributed by atoms with Crippen molar-refractivity contribution < 1.29 is 0 Å². The average Bonchev–Trinajstić information content (AvgIpc) is 3.13. The maximum atomic E-state index is 4.61. The summed E-state index contributed by atoms with van der Waals surface area (Å²) in [6.07, 6.45) is 11.5. The molecule has 0 amide bonds. The number of fused-ring (bicyclic) bond motifs is 1. The first-order valence-corrected chi connectivity index (χ1v) is 7.84. The molecule has 0 unspecified atom stereocenters. The number of nitrogens with one attached hydrogen (secondary N) is 2. The van der Waals surface area contributed by atoms with Gasteiger partial charge in [-0.15, -0.1) is 0 Å². The minimum Gasteiger partial charge on any atom is -0.346 e. The summed E-state index contributed by atoms with van der Waals surface area (Å²) in [6, 6.07) is 2.44. The van der Waals surface area contributed by atoms with E-state index in [9.17, 15) is 0 Å². The lowest BCUT2D eigenvalue weighted by Gasteiger charge is -2.33. The Bertz CT molecular complexity index is 770. The van der Waals surface area contributed by atoms with E-state index in [1.54, 1.807) is 6.33 Å². The molecule has 0 radical (unpaired) electrons. The Kier molecular flexibility index (Phi) is 3.38. The molecule has 4 rings (SSSR count). The van der Waals surface area contributed by atoms with Gasteiger partial charge in [0.05, 0.1) is 17.9 Å². The van der Waals surface area contributed by atoms with Crippen LogP contribution in [0.15, 0.2) is 31.0 Å². The van der Waals surface area contributed by atoms with Crippen LogP contribution in [0.25, 0.3) is 22.3 Å². The van der Waals surface area contributed by atoms with Gasteiger partial charge in [0.25, 0.3) is 0 Å². The van der Waals surface area contributed by atoms with Crippen LogP contribution >= 0.6 is 0 Å². The molecule has 3 aromatic heterocycles. The molecule has 0 bridgehead atoms. The van der Waals surface area contributed by atoms with Crippen molar-refractivity contribution in [2.45, 2.75) is 25.3 Å². The molecule has 114 valence electrons. The molecular weight excluding hydrogens is 276 g/mol. The molecule has 3 aromatic rings. The van der Waals surface area contributed by atoms with Gasteiger partial charge in [-0.1, -0.05) is 6.42 Å². The molecular formula is C16H20N6. The highest BCUT2D eigenvalue weighted by Crippen LogP contribution is 2.36. The monoisotopic (exact) mass is 296 g/mol. The summed E-state index contributed by atoms with van der Waals surface area (Å²) < 4.78 is 2.11. The number of aromatic nitrogens is 5. The highest BCUT2D eigenvalue weighted by molar-refractivity contribution is 5.89. The summed E-state index contributed by atoms with van der Waals surface area (Å²) in [4.78, 5) is 11.8. The first kappa shape index (κ1) is 13.5. The van der Waals surface area contributed by atoms with Gasteiger partial charge in [0, 0.05) is 29.9 Å². The molecule has 1 atom stereocenters. The fraction of sp³-hybridized carbons (Fsp3) is 0.438. The quantitative estimate of drug-likeness (QED) is 0.758. The molecule has 0 aliphatic heterocycles. The molecule has 0 saturated heterocycles. The smallest absolute Gasteiger partial charge is 0.141 e. The van der Waals surface area contributed by atoms with E-state index in [1.165, 1.54) is 19.3 Å². The Morgan fingerprint density at radius 3 is 3.09 bits per heavy atom. The first-order chi connectivity index (χ1) is 10.9. The predicted octanol–water partition coefficient (Wildman–Crippen LogP) is 2.38. The number of rotatable bonds is 5. The van der Waals surface area contributed by atoms with E-state index in [4.69, 9.17) is 0 Å². The second-order valence-corrected chi connectivity index (χ2v) is 5.99. The number of aromatic amines is 1. The summed E-state index contributed by atoms with van der Waals surface area (Å²) in [5, 5.41) is 8.95. The lowest BCUT2D eigenvalue weighted by Crippen LogP contribution is -2.32. The number of hydrogen-bond donors (Lipinski definition) is 2. The normalized spacial score (nSPS) is 16.8. The topological polar surface area (TPSA) is 71.4 Å². The third-order valence-corrected chi connectivity index (χ3v) is 4.68. The van der Waals surface area contributed by atoms with Gasteiger partial charge in [0.1, 0.15) is 12.0 Å². The molecule has 1 saturated carbocycles. The Balaban J connectivity index is 1.69.